The number of carbonyl (C=O) groups is 1. The predicted molar refractivity (Wildman–Crippen MR) is 299 cm³/mol. The zero-order valence-corrected chi connectivity index (χ0v) is 41.7. The van der Waals surface area contributed by atoms with Crippen LogP contribution in [0.15, 0.2) is 188 Å². The van der Waals surface area contributed by atoms with Gasteiger partial charge in [-0.15, -0.1) is 0 Å². The normalized spacial score (nSPS) is 18.6. The molecule has 0 aromatic heterocycles. The molecule has 8 aromatic rings. The molecule has 72 heavy (non-hydrogen) atoms. The zero-order valence-electron chi connectivity index (χ0n) is 41.7. The van der Waals surface area contributed by atoms with E-state index in [1.54, 1.807) is 7.11 Å². The Balaban J connectivity index is 0.750. The summed E-state index contributed by atoms with van der Waals surface area (Å²) >= 11 is 0. The maximum atomic E-state index is 13.5. The van der Waals surface area contributed by atoms with Crippen LogP contribution in [-0.4, -0.2) is 39.2 Å². The van der Waals surface area contributed by atoms with Gasteiger partial charge in [-0.1, -0.05) is 148 Å². The lowest BCUT2D eigenvalue weighted by Crippen LogP contribution is -2.46. The van der Waals surface area contributed by atoms with Gasteiger partial charge >= 0.3 is 0 Å². The number of fused-ring (bicyclic) bond motifs is 3. The van der Waals surface area contributed by atoms with Crippen molar-refractivity contribution < 1.29 is 14.3 Å². The number of anilines is 3. The summed E-state index contributed by atoms with van der Waals surface area (Å²) in [5, 5.41) is 5.39. The molecule has 362 valence electrons. The van der Waals surface area contributed by atoms with Gasteiger partial charge in [-0.2, -0.15) is 0 Å². The fraction of sp³-hybridized carbons (Fsp3) is 0.258. The van der Waals surface area contributed by atoms with Gasteiger partial charge in [0.05, 0.1) is 7.11 Å². The molecule has 11 rings (SSSR count). The number of rotatable bonds is 14. The topological polar surface area (TPSA) is 54.0 Å². The van der Waals surface area contributed by atoms with Crippen molar-refractivity contribution in [3.63, 3.8) is 0 Å². The Hall–Kier alpha value is -7.57. The van der Waals surface area contributed by atoms with Gasteiger partial charge in [-0.25, -0.2) is 0 Å². The van der Waals surface area contributed by atoms with E-state index >= 15 is 0 Å². The molecule has 0 spiro atoms. The highest BCUT2D eigenvalue weighted by atomic mass is 16.5. The molecule has 1 atom stereocenters. The monoisotopic (exact) mass is 948 g/mol. The molecule has 6 nitrogen and oxygen atoms in total. The quantitative estimate of drug-likeness (QED) is 0.110. The van der Waals surface area contributed by atoms with Crippen molar-refractivity contribution in [1.82, 2.24) is 0 Å². The zero-order chi connectivity index (χ0) is 48.9. The fourth-order valence-electron chi connectivity index (χ4n) is 11.5. The van der Waals surface area contributed by atoms with Gasteiger partial charge in [-0.3, -0.25) is 4.79 Å². The minimum atomic E-state index is -0.800. The van der Waals surface area contributed by atoms with E-state index in [1.807, 2.05) is 36.4 Å². The Kier molecular flexibility index (Phi) is 13.7. The predicted octanol–water partition coefficient (Wildman–Crippen LogP) is 16.0. The minimum Gasteiger partial charge on any atom is -0.497 e. The maximum absolute atomic E-state index is 13.5. The number of nitrogens with zero attached hydrogens (tertiary/aromatic N) is 2. The highest BCUT2D eigenvalue weighted by Gasteiger charge is 2.37. The number of benzene rings is 8. The third-order valence-electron chi connectivity index (χ3n) is 15.8. The average Bonchev–Trinajstić information content (AvgIpc) is 3.45. The van der Waals surface area contributed by atoms with Crippen molar-refractivity contribution in [2.75, 3.05) is 48.4 Å². The lowest BCUT2D eigenvalue weighted by Gasteiger charge is -2.38. The Morgan fingerprint density at radius 3 is 1.89 bits per heavy atom. The second-order valence-electron chi connectivity index (χ2n) is 20.1. The highest BCUT2D eigenvalue weighted by Crippen LogP contribution is 2.46. The molecule has 8 aromatic carbocycles. The van der Waals surface area contributed by atoms with Crippen LogP contribution in [0.25, 0.3) is 39.1 Å². The van der Waals surface area contributed by atoms with Crippen LogP contribution >= 0.6 is 0 Å². The first-order valence-corrected chi connectivity index (χ1v) is 26.3. The van der Waals surface area contributed by atoms with E-state index in [9.17, 15) is 4.79 Å². The molecule has 6 heteroatoms. The van der Waals surface area contributed by atoms with Crippen molar-refractivity contribution in [1.29, 1.82) is 0 Å². The first-order chi connectivity index (χ1) is 35.4. The molecule has 1 saturated heterocycles. The van der Waals surface area contributed by atoms with E-state index < -0.39 is 5.60 Å². The lowest BCUT2D eigenvalue weighted by molar-refractivity contribution is 0.102. The number of ether oxygens (including phenoxy) is 2. The van der Waals surface area contributed by atoms with E-state index in [-0.39, 0.29) is 5.91 Å². The number of amides is 1. The third kappa shape index (κ3) is 9.75. The van der Waals surface area contributed by atoms with Crippen LogP contribution in [0.2, 0.25) is 0 Å². The molecule has 1 amide bonds. The van der Waals surface area contributed by atoms with Crippen molar-refractivity contribution in [3.05, 3.63) is 216 Å². The molecule has 2 aliphatic heterocycles. The van der Waals surface area contributed by atoms with Crippen LogP contribution in [-0.2, 0) is 5.60 Å². The number of hydrogen-bond donors (Lipinski definition) is 1. The van der Waals surface area contributed by atoms with Gasteiger partial charge in [0.2, 0.25) is 0 Å². The summed E-state index contributed by atoms with van der Waals surface area (Å²) in [6.07, 6.45) is 15.3. The first-order valence-electron chi connectivity index (χ1n) is 26.3. The van der Waals surface area contributed by atoms with Crippen LogP contribution in [0.3, 0.4) is 0 Å². The summed E-state index contributed by atoms with van der Waals surface area (Å²) < 4.78 is 12.6. The molecule has 3 aliphatic rings. The second kappa shape index (κ2) is 21.0. The summed E-state index contributed by atoms with van der Waals surface area (Å²) in [5.74, 6) is 3.20. The number of hydrogen-bond acceptors (Lipinski definition) is 5. The van der Waals surface area contributed by atoms with Crippen molar-refractivity contribution in [3.8, 4) is 33.8 Å². The summed E-state index contributed by atoms with van der Waals surface area (Å²) in [6.45, 7) is 6.09. The van der Waals surface area contributed by atoms with E-state index in [4.69, 9.17) is 9.47 Å². The van der Waals surface area contributed by atoms with E-state index in [0.29, 0.717) is 11.5 Å². The summed E-state index contributed by atoms with van der Waals surface area (Å²) in [4.78, 5) is 18.4. The largest absolute Gasteiger partial charge is 0.497 e. The Bertz CT molecular complexity index is 3130. The lowest BCUT2D eigenvalue weighted by atomic mass is 9.77. The van der Waals surface area contributed by atoms with Crippen LogP contribution in [0.4, 0.5) is 17.1 Å². The van der Waals surface area contributed by atoms with Gasteiger partial charge in [0.15, 0.2) is 5.60 Å². The van der Waals surface area contributed by atoms with Crippen LogP contribution in [0, 0.1) is 5.92 Å². The third-order valence-corrected chi connectivity index (χ3v) is 15.8. The molecule has 1 aliphatic carbocycles. The molecule has 1 N–H and O–H groups in total. The van der Waals surface area contributed by atoms with Gasteiger partial charge < -0.3 is 24.6 Å². The van der Waals surface area contributed by atoms with Gasteiger partial charge in [0.1, 0.15) is 11.5 Å². The van der Waals surface area contributed by atoms with E-state index in [0.717, 1.165) is 93.4 Å². The highest BCUT2D eigenvalue weighted by molar-refractivity contribution is 6.05. The van der Waals surface area contributed by atoms with Gasteiger partial charge in [0.25, 0.3) is 5.91 Å². The van der Waals surface area contributed by atoms with Gasteiger partial charge in [0, 0.05) is 65.5 Å². The van der Waals surface area contributed by atoms with Crippen molar-refractivity contribution in [2.45, 2.75) is 69.8 Å². The minimum absolute atomic E-state index is 0.124. The standard InChI is InChI=1S/C66H65N3O3/c1-3-4-6-10-47-15-17-48(18-16-47)49-19-21-50(22-20-49)51-23-25-53(26-24-51)65(70)67-56-31-27-52(28-32-56)60-13-9-14-61-62(60)39-40-64-63(61)41-42-66(72-64,54-11-7-5-8-12-54)55-29-33-57(34-30-55)68-43-45-69(46-44-68)58-35-37-59(71-2)38-36-58/h5,7-9,11-14,19-42,47-48H,3-4,6,10,15-18,43-46H2,1-2H3,(H,67,70). The Morgan fingerprint density at radius 2 is 1.24 bits per heavy atom. The number of methoxy groups -OCH3 is 1. The maximum Gasteiger partial charge on any atom is 0.255 e. The average molecular weight is 948 g/mol. The number of carbonyl (C=O) groups excluding carboxylic acids is 1. The van der Waals surface area contributed by atoms with E-state index in [2.05, 4.69) is 180 Å². The number of nitrogens with one attached hydrogen (secondary N) is 1. The van der Waals surface area contributed by atoms with Crippen molar-refractivity contribution >= 4 is 39.8 Å². The summed E-state index contributed by atoms with van der Waals surface area (Å²) in [7, 11) is 1.71. The molecule has 1 unspecified atom stereocenters. The molecular weight excluding hydrogens is 883 g/mol. The summed E-state index contributed by atoms with van der Waals surface area (Å²) in [6, 6.07) is 63.9. The number of unbranched alkanes of at least 4 members (excludes halogenated alkanes) is 2. The SMILES string of the molecule is CCCCCC1CCC(c2ccc(-c3ccc(C(=O)Nc4ccc(-c5cccc6c7c(ccc56)OC(c5ccccc5)(c5ccc(N6CCN(c8ccc(OC)cc8)CC6)cc5)C=C7)cc4)cc3)cc2)CC1. The van der Waals surface area contributed by atoms with Crippen molar-refractivity contribution in [2.24, 2.45) is 5.92 Å². The first kappa shape index (κ1) is 46.8. The smallest absolute Gasteiger partial charge is 0.255 e. The Morgan fingerprint density at radius 1 is 0.611 bits per heavy atom. The molecule has 1 saturated carbocycles. The second-order valence-corrected chi connectivity index (χ2v) is 20.1. The Labute approximate surface area is 426 Å². The number of piperazine rings is 1. The molecule has 0 bridgehead atoms. The summed E-state index contributed by atoms with van der Waals surface area (Å²) in [5.41, 5.74) is 12.2. The molecular formula is C66H65N3O3. The molecule has 2 fully saturated rings. The van der Waals surface area contributed by atoms with Crippen LogP contribution in [0.1, 0.15) is 96.8 Å². The molecule has 0 radical (unpaired) electrons. The molecule has 2 heterocycles. The van der Waals surface area contributed by atoms with Crippen LogP contribution < -0.4 is 24.6 Å². The van der Waals surface area contributed by atoms with E-state index in [1.165, 1.54) is 73.9 Å². The van der Waals surface area contributed by atoms with Crippen LogP contribution in [0.5, 0.6) is 11.5 Å². The fourth-order valence-corrected chi connectivity index (χ4v) is 11.5. The van der Waals surface area contributed by atoms with Gasteiger partial charge in [-0.05, 0) is 155 Å².